The number of halogens is 1. The second-order valence-electron chi connectivity index (χ2n) is 6.32. The molecule has 31 heavy (non-hydrogen) atoms. The van der Waals surface area contributed by atoms with Crippen molar-refractivity contribution in [1.29, 1.82) is 0 Å². The van der Waals surface area contributed by atoms with Crippen LogP contribution in [0.15, 0.2) is 47.5 Å². The van der Waals surface area contributed by atoms with Gasteiger partial charge in [-0.3, -0.25) is 19.9 Å². The number of rotatable bonds is 9. The molecule has 0 aliphatic heterocycles. The standard InChI is InChI=1S/C18H19ClN4O7S/c1-11(22-31(28,29)16-6-4-3-5-15(16)23(26)27)17(24)21-14(18(25)30-2)9-13-8-7-12(19)10-20-13/h3-8,10-11,14,22H,9H2,1-2H3,(H,21,24)/t11-,14-/m0/s1. The molecular formula is C18H19ClN4O7S. The number of nitro groups is 1. The number of methoxy groups -OCH3 is 1. The van der Waals surface area contributed by atoms with Gasteiger partial charge in [-0.15, -0.1) is 0 Å². The van der Waals surface area contributed by atoms with Gasteiger partial charge in [0, 0.05) is 24.4 Å². The number of nitrogens with zero attached hydrogens (tertiary/aromatic N) is 2. The Morgan fingerprint density at radius 2 is 1.94 bits per heavy atom. The number of carbonyl (C=O) groups excluding carboxylic acids is 2. The lowest BCUT2D eigenvalue weighted by molar-refractivity contribution is -0.387. The molecule has 1 aromatic carbocycles. The number of benzene rings is 1. The Kier molecular flexibility index (Phi) is 8.02. The Bertz CT molecular complexity index is 1080. The second-order valence-corrected chi connectivity index (χ2v) is 8.44. The van der Waals surface area contributed by atoms with Crippen molar-refractivity contribution in [2.24, 2.45) is 0 Å². The molecule has 1 heterocycles. The second kappa shape index (κ2) is 10.3. The van der Waals surface area contributed by atoms with Gasteiger partial charge in [0.25, 0.3) is 5.69 Å². The summed E-state index contributed by atoms with van der Waals surface area (Å²) in [6.07, 6.45) is 1.34. The molecule has 0 aliphatic rings. The molecule has 0 fully saturated rings. The molecule has 13 heteroatoms. The van der Waals surface area contributed by atoms with Crippen LogP contribution >= 0.6 is 11.6 Å². The largest absolute Gasteiger partial charge is 0.467 e. The average Bonchev–Trinajstić information content (AvgIpc) is 2.73. The molecule has 166 valence electrons. The van der Waals surface area contributed by atoms with Crippen molar-refractivity contribution < 1.29 is 27.7 Å². The quantitative estimate of drug-likeness (QED) is 0.314. The fourth-order valence-electron chi connectivity index (χ4n) is 2.55. The van der Waals surface area contributed by atoms with E-state index in [0.717, 1.165) is 19.2 Å². The summed E-state index contributed by atoms with van der Waals surface area (Å²) >= 11 is 5.78. The van der Waals surface area contributed by atoms with Gasteiger partial charge in [0.05, 0.1) is 23.1 Å². The number of pyridine rings is 1. The van der Waals surface area contributed by atoms with Crippen LogP contribution in [0.2, 0.25) is 5.02 Å². The number of aromatic nitrogens is 1. The highest BCUT2D eigenvalue weighted by atomic mass is 35.5. The number of para-hydroxylation sites is 1. The topological polar surface area (TPSA) is 158 Å². The Balaban J connectivity index is 2.15. The third-order valence-corrected chi connectivity index (χ3v) is 5.89. The van der Waals surface area contributed by atoms with Crippen LogP contribution in [0.1, 0.15) is 12.6 Å². The van der Waals surface area contributed by atoms with Crippen LogP contribution in [-0.4, -0.2) is 49.4 Å². The third-order valence-electron chi connectivity index (χ3n) is 4.08. The van der Waals surface area contributed by atoms with Crippen molar-refractivity contribution >= 4 is 39.2 Å². The summed E-state index contributed by atoms with van der Waals surface area (Å²) in [6.45, 7) is 1.23. The molecule has 2 rings (SSSR count). The van der Waals surface area contributed by atoms with E-state index in [1.165, 1.54) is 25.3 Å². The molecule has 0 aliphatic carbocycles. The molecule has 11 nitrogen and oxygen atoms in total. The van der Waals surface area contributed by atoms with Crippen molar-refractivity contribution in [3.8, 4) is 0 Å². The van der Waals surface area contributed by atoms with E-state index in [9.17, 15) is 28.1 Å². The van der Waals surface area contributed by atoms with E-state index in [1.54, 1.807) is 12.1 Å². The summed E-state index contributed by atoms with van der Waals surface area (Å²) in [4.78, 5) is 38.3. The van der Waals surface area contributed by atoms with Crippen molar-refractivity contribution in [3.05, 3.63) is 63.4 Å². The summed E-state index contributed by atoms with van der Waals surface area (Å²) in [5, 5.41) is 13.9. The lowest BCUT2D eigenvalue weighted by Crippen LogP contribution is -2.51. The molecular weight excluding hydrogens is 452 g/mol. The first-order valence-corrected chi connectivity index (χ1v) is 10.7. The van der Waals surface area contributed by atoms with Gasteiger partial charge < -0.3 is 10.1 Å². The van der Waals surface area contributed by atoms with Crippen LogP contribution in [0.5, 0.6) is 0 Å². The first-order valence-electron chi connectivity index (χ1n) is 8.79. The zero-order valence-electron chi connectivity index (χ0n) is 16.4. The van der Waals surface area contributed by atoms with Gasteiger partial charge in [0.15, 0.2) is 4.90 Å². The van der Waals surface area contributed by atoms with Gasteiger partial charge >= 0.3 is 5.97 Å². The van der Waals surface area contributed by atoms with Gasteiger partial charge in [0.1, 0.15) is 6.04 Å². The Morgan fingerprint density at radius 3 is 2.52 bits per heavy atom. The number of nitro benzene ring substituents is 1. The molecule has 0 unspecified atom stereocenters. The van der Waals surface area contributed by atoms with E-state index in [4.69, 9.17) is 11.6 Å². The number of nitrogens with one attached hydrogen (secondary N) is 2. The fraction of sp³-hybridized carbons (Fsp3) is 0.278. The number of carbonyl (C=O) groups is 2. The van der Waals surface area contributed by atoms with Crippen LogP contribution in [0.3, 0.4) is 0 Å². The average molecular weight is 471 g/mol. The minimum Gasteiger partial charge on any atom is -0.467 e. The number of amides is 1. The van der Waals surface area contributed by atoms with Gasteiger partial charge in [-0.2, -0.15) is 4.72 Å². The fourth-order valence-corrected chi connectivity index (χ4v) is 4.04. The van der Waals surface area contributed by atoms with Crippen molar-refractivity contribution in [1.82, 2.24) is 15.0 Å². The predicted molar refractivity (Wildman–Crippen MR) is 110 cm³/mol. The lowest BCUT2D eigenvalue weighted by Gasteiger charge is -2.20. The van der Waals surface area contributed by atoms with Crippen LogP contribution in [0.4, 0.5) is 5.69 Å². The summed E-state index contributed by atoms with van der Waals surface area (Å²) in [7, 11) is -3.26. The maximum Gasteiger partial charge on any atom is 0.328 e. The maximum atomic E-state index is 12.6. The van der Waals surface area contributed by atoms with Crippen molar-refractivity contribution in [2.75, 3.05) is 7.11 Å². The Labute approximate surface area is 183 Å². The molecule has 2 N–H and O–H groups in total. The van der Waals surface area contributed by atoms with Gasteiger partial charge in [-0.05, 0) is 25.1 Å². The summed E-state index contributed by atoms with van der Waals surface area (Å²) in [5.74, 6) is -1.61. The van der Waals surface area contributed by atoms with Crippen LogP contribution in [-0.2, 0) is 30.8 Å². The smallest absolute Gasteiger partial charge is 0.328 e. The molecule has 0 saturated carbocycles. The molecule has 0 spiro atoms. The molecule has 2 aromatic rings. The van der Waals surface area contributed by atoms with Crippen LogP contribution in [0, 0.1) is 10.1 Å². The van der Waals surface area contributed by atoms with Crippen molar-refractivity contribution in [3.63, 3.8) is 0 Å². The predicted octanol–water partition coefficient (Wildman–Crippen LogP) is 1.21. The summed E-state index contributed by atoms with van der Waals surface area (Å²) in [5.41, 5.74) is -0.197. The minimum atomic E-state index is -4.40. The number of esters is 1. The van der Waals surface area contributed by atoms with Gasteiger partial charge in [-0.25, -0.2) is 13.2 Å². The highest BCUT2D eigenvalue weighted by molar-refractivity contribution is 7.89. The highest BCUT2D eigenvalue weighted by Gasteiger charge is 2.30. The molecule has 1 amide bonds. The van der Waals surface area contributed by atoms with E-state index < -0.39 is 49.5 Å². The SMILES string of the molecule is COC(=O)[C@H](Cc1ccc(Cl)cn1)NC(=O)[C@H](C)NS(=O)(=O)c1ccccc1[N+](=O)[O-]. The summed E-state index contributed by atoms with van der Waals surface area (Å²) in [6, 6.07) is 5.34. The normalized spacial score (nSPS) is 13.1. The first kappa shape index (κ1) is 24.2. The van der Waals surface area contributed by atoms with Gasteiger partial charge in [0.2, 0.25) is 15.9 Å². The maximum absolute atomic E-state index is 12.6. The number of hydrogen-bond donors (Lipinski definition) is 2. The van der Waals surface area contributed by atoms with E-state index in [1.807, 2.05) is 0 Å². The molecule has 2 atom stereocenters. The van der Waals surface area contributed by atoms with E-state index in [0.29, 0.717) is 10.7 Å². The number of ether oxygens (including phenoxy) is 1. The number of sulfonamides is 1. The molecule has 0 saturated heterocycles. The van der Waals surface area contributed by atoms with Crippen LogP contribution < -0.4 is 10.0 Å². The minimum absolute atomic E-state index is 0.0286. The highest BCUT2D eigenvalue weighted by Crippen LogP contribution is 2.22. The zero-order valence-corrected chi connectivity index (χ0v) is 18.0. The molecule has 1 aromatic heterocycles. The van der Waals surface area contributed by atoms with E-state index in [2.05, 4.69) is 19.8 Å². The monoisotopic (exact) mass is 470 g/mol. The van der Waals surface area contributed by atoms with E-state index >= 15 is 0 Å². The van der Waals surface area contributed by atoms with Gasteiger partial charge in [-0.1, -0.05) is 23.7 Å². The summed E-state index contributed by atoms with van der Waals surface area (Å²) < 4.78 is 31.9. The first-order chi connectivity index (χ1) is 14.5. The molecule has 0 radical (unpaired) electrons. The number of hydrogen-bond acceptors (Lipinski definition) is 8. The zero-order chi connectivity index (χ0) is 23.2. The van der Waals surface area contributed by atoms with Crippen molar-refractivity contribution in [2.45, 2.75) is 30.3 Å². The Hall–Kier alpha value is -3.09. The molecule has 0 bridgehead atoms. The lowest BCUT2D eigenvalue weighted by atomic mass is 10.1. The third kappa shape index (κ3) is 6.44. The van der Waals surface area contributed by atoms with Crippen LogP contribution in [0.25, 0.3) is 0 Å². The van der Waals surface area contributed by atoms with E-state index in [-0.39, 0.29) is 6.42 Å². The Morgan fingerprint density at radius 1 is 1.26 bits per heavy atom.